The lowest BCUT2D eigenvalue weighted by Crippen LogP contribution is -2.43. The Morgan fingerprint density at radius 1 is 1.25 bits per heavy atom. The quantitative estimate of drug-likeness (QED) is 0.930. The van der Waals surface area contributed by atoms with Gasteiger partial charge in [0.25, 0.3) is 0 Å². The molecular formula is C16H27N3S. The van der Waals surface area contributed by atoms with E-state index in [4.69, 9.17) is 5.73 Å². The van der Waals surface area contributed by atoms with Crippen LogP contribution in [-0.2, 0) is 0 Å². The zero-order chi connectivity index (χ0) is 14.3. The van der Waals surface area contributed by atoms with Crippen LogP contribution in [0.2, 0.25) is 0 Å². The van der Waals surface area contributed by atoms with Crippen molar-refractivity contribution < 1.29 is 0 Å². The summed E-state index contributed by atoms with van der Waals surface area (Å²) in [7, 11) is 2.31. The van der Waals surface area contributed by atoms with Crippen molar-refractivity contribution in [1.82, 2.24) is 9.80 Å². The number of fused-ring (bicyclic) bond motifs is 2. The highest BCUT2D eigenvalue weighted by atomic mass is 32.1. The van der Waals surface area contributed by atoms with Gasteiger partial charge in [-0.25, -0.2) is 0 Å². The molecule has 112 valence electrons. The van der Waals surface area contributed by atoms with Crippen LogP contribution in [0.1, 0.15) is 42.0 Å². The molecule has 4 unspecified atom stereocenters. The molecule has 1 aromatic rings. The summed E-state index contributed by atoms with van der Waals surface area (Å²) < 4.78 is 0. The van der Waals surface area contributed by atoms with E-state index in [2.05, 4.69) is 42.8 Å². The van der Waals surface area contributed by atoms with E-state index in [9.17, 15) is 0 Å². The molecule has 0 radical (unpaired) electrons. The van der Waals surface area contributed by atoms with Gasteiger partial charge in [-0.1, -0.05) is 0 Å². The second kappa shape index (κ2) is 5.76. The molecule has 1 aromatic heterocycles. The Hall–Kier alpha value is -0.420. The molecule has 4 heteroatoms. The molecule has 0 amide bonds. The number of nitrogens with zero attached hydrogens (tertiary/aromatic N) is 2. The van der Waals surface area contributed by atoms with E-state index in [1.807, 2.05) is 11.3 Å². The maximum absolute atomic E-state index is 6.34. The van der Waals surface area contributed by atoms with Crippen LogP contribution in [0.15, 0.2) is 12.1 Å². The fourth-order valence-corrected chi connectivity index (χ4v) is 5.10. The van der Waals surface area contributed by atoms with E-state index in [-0.39, 0.29) is 6.04 Å². The van der Waals surface area contributed by atoms with Gasteiger partial charge < -0.3 is 5.73 Å². The summed E-state index contributed by atoms with van der Waals surface area (Å²) >= 11 is 1.91. The van der Waals surface area contributed by atoms with Crippen LogP contribution < -0.4 is 5.73 Å². The van der Waals surface area contributed by atoms with Gasteiger partial charge in [0, 0.05) is 41.0 Å². The first-order chi connectivity index (χ1) is 9.56. The van der Waals surface area contributed by atoms with Gasteiger partial charge in [0.05, 0.1) is 6.04 Å². The van der Waals surface area contributed by atoms with Crippen LogP contribution in [0.5, 0.6) is 0 Å². The van der Waals surface area contributed by atoms with E-state index in [1.165, 1.54) is 42.1 Å². The molecule has 20 heavy (non-hydrogen) atoms. The molecular weight excluding hydrogens is 266 g/mol. The number of thiophene rings is 1. The number of aryl methyl sites for hydroxylation is 1. The molecule has 0 aliphatic carbocycles. The normalized spacial score (nSPS) is 31.2. The van der Waals surface area contributed by atoms with Crippen molar-refractivity contribution in [2.75, 3.05) is 20.1 Å². The van der Waals surface area contributed by atoms with Crippen molar-refractivity contribution in [3.63, 3.8) is 0 Å². The van der Waals surface area contributed by atoms with Gasteiger partial charge in [-0.15, -0.1) is 11.3 Å². The van der Waals surface area contributed by atoms with Crippen LogP contribution in [0.4, 0.5) is 0 Å². The third-order valence-electron chi connectivity index (χ3n) is 5.12. The first-order valence-electron chi connectivity index (χ1n) is 7.84. The monoisotopic (exact) mass is 293 g/mol. The highest BCUT2D eigenvalue weighted by Gasteiger charge is 2.37. The van der Waals surface area contributed by atoms with E-state index in [0.717, 1.165) is 12.1 Å². The van der Waals surface area contributed by atoms with Gasteiger partial charge in [-0.3, -0.25) is 9.80 Å². The van der Waals surface area contributed by atoms with Gasteiger partial charge in [-0.05, 0) is 52.3 Å². The average Bonchev–Trinajstić information content (AvgIpc) is 2.88. The van der Waals surface area contributed by atoms with Gasteiger partial charge in [0.15, 0.2) is 0 Å². The molecule has 0 saturated carbocycles. The molecule has 0 aromatic carbocycles. The van der Waals surface area contributed by atoms with E-state index >= 15 is 0 Å². The summed E-state index contributed by atoms with van der Waals surface area (Å²) in [6.07, 6.45) is 4.03. The van der Waals surface area contributed by atoms with Crippen molar-refractivity contribution in [3.8, 4) is 0 Å². The predicted molar refractivity (Wildman–Crippen MR) is 86.2 cm³/mol. The minimum atomic E-state index is 0.190. The zero-order valence-corrected chi connectivity index (χ0v) is 13.7. The van der Waals surface area contributed by atoms with Crippen LogP contribution >= 0.6 is 11.3 Å². The summed E-state index contributed by atoms with van der Waals surface area (Å²) in [4.78, 5) is 8.09. The number of hydrogen-bond acceptors (Lipinski definition) is 4. The molecule has 2 fully saturated rings. The van der Waals surface area contributed by atoms with E-state index < -0.39 is 0 Å². The molecule has 3 nitrogen and oxygen atoms in total. The lowest BCUT2D eigenvalue weighted by molar-refractivity contribution is 0.158. The van der Waals surface area contributed by atoms with Crippen molar-refractivity contribution in [3.05, 3.63) is 21.9 Å². The maximum Gasteiger partial charge on any atom is 0.0591 e. The molecule has 3 rings (SSSR count). The third-order valence-corrected chi connectivity index (χ3v) is 6.20. The van der Waals surface area contributed by atoms with Gasteiger partial charge >= 0.3 is 0 Å². The highest BCUT2D eigenvalue weighted by Crippen LogP contribution is 2.35. The molecule has 2 N–H and O–H groups in total. The zero-order valence-electron chi connectivity index (χ0n) is 12.9. The Labute approximate surface area is 126 Å². The Kier molecular flexibility index (Phi) is 4.18. The fraction of sp³-hybridized carbons (Fsp3) is 0.750. The number of likely N-dealkylation sites (N-methyl/N-ethyl adjacent to an activating group) is 1. The highest BCUT2D eigenvalue weighted by molar-refractivity contribution is 7.12. The Morgan fingerprint density at radius 2 is 2.00 bits per heavy atom. The van der Waals surface area contributed by atoms with Crippen molar-refractivity contribution in [2.24, 2.45) is 5.73 Å². The number of likely N-dealkylation sites (tertiary alicyclic amines) is 1. The van der Waals surface area contributed by atoms with Crippen LogP contribution in [0.25, 0.3) is 0 Å². The number of nitrogens with two attached hydrogens (primary N) is 1. The first kappa shape index (κ1) is 14.5. The lowest BCUT2D eigenvalue weighted by Gasteiger charge is -2.35. The molecule has 2 aliphatic rings. The Balaban J connectivity index is 1.81. The smallest absolute Gasteiger partial charge is 0.0591 e. The molecule has 2 saturated heterocycles. The molecule has 0 spiro atoms. The minimum Gasteiger partial charge on any atom is -0.326 e. The molecule has 3 heterocycles. The second-order valence-corrected chi connectivity index (χ2v) is 7.91. The Bertz CT molecular complexity index is 456. The Morgan fingerprint density at radius 3 is 2.65 bits per heavy atom. The van der Waals surface area contributed by atoms with Crippen molar-refractivity contribution in [2.45, 2.75) is 57.3 Å². The molecule has 2 aliphatic heterocycles. The maximum atomic E-state index is 6.34. The van der Waals surface area contributed by atoms with Crippen molar-refractivity contribution in [1.29, 1.82) is 0 Å². The summed E-state index contributed by atoms with van der Waals surface area (Å²) in [5.41, 5.74) is 6.34. The predicted octanol–water partition coefficient (Wildman–Crippen LogP) is 2.61. The van der Waals surface area contributed by atoms with Crippen LogP contribution in [-0.4, -0.2) is 48.1 Å². The van der Waals surface area contributed by atoms with E-state index in [0.29, 0.717) is 6.04 Å². The summed E-state index contributed by atoms with van der Waals surface area (Å²) in [5.74, 6) is 0. The summed E-state index contributed by atoms with van der Waals surface area (Å²) in [6.45, 7) is 6.71. The second-order valence-electron chi connectivity index (χ2n) is 6.59. The third kappa shape index (κ3) is 2.67. The van der Waals surface area contributed by atoms with Crippen LogP contribution in [0.3, 0.4) is 0 Å². The topological polar surface area (TPSA) is 32.5 Å². The summed E-state index contributed by atoms with van der Waals surface area (Å²) in [6, 6.07) is 6.61. The van der Waals surface area contributed by atoms with E-state index in [1.54, 1.807) is 0 Å². The lowest BCUT2D eigenvalue weighted by atomic mass is 10.0. The SMILES string of the molecule is Cc1ccc(C(C(C)N)N2CCC3CCC(C2)N3C)s1. The minimum absolute atomic E-state index is 0.190. The van der Waals surface area contributed by atoms with Gasteiger partial charge in [-0.2, -0.15) is 0 Å². The van der Waals surface area contributed by atoms with Gasteiger partial charge in [0.2, 0.25) is 0 Å². The number of hydrogen-bond donors (Lipinski definition) is 1. The van der Waals surface area contributed by atoms with Crippen molar-refractivity contribution >= 4 is 11.3 Å². The standard InChI is InChI=1S/C16H27N3S/c1-11-4-7-15(20-11)16(12(2)17)19-9-8-13-5-6-14(10-19)18(13)3/h4,7,12-14,16H,5-6,8-10,17H2,1-3H3. The molecule has 4 atom stereocenters. The van der Waals surface area contributed by atoms with Crippen LogP contribution in [0, 0.1) is 6.92 Å². The fourth-order valence-electron chi connectivity index (χ4n) is 3.97. The molecule has 2 bridgehead atoms. The largest absolute Gasteiger partial charge is 0.326 e. The number of rotatable bonds is 3. The average molecular weight is 293 g/mol. The van der Waals surface area contributed by atoms with Gasteiger partial charge in [0.1, 0.15) is 0 Å². The first-order valence-corrected chi connectivity index (χ1v) is 8.66. The summed E-state index contributed by atoms with van der Waals surface area (Å²) in [5, 5.41) is 0.